The Bertz CT molecular complexity index is 999. The molecule has 1 aliphatic rings. The standard InChI is InChI=1S/C22H22ClN3O3/c1-28-13-3-12-26-21(15-4-8-16(23)9-5-15)18-19(24-25-20(18)22(26)27)14-6-10-17(29-2)11-7-14/h4-11,21H,3,12-13H2,1-2H3,(H,24,25). The van der Waals surface area contributed by atoms with Crippen LogP contribution < -0.4 is 4.74 Å². The predicted octanol–water partition coefficient (Wildman–Crippen LogP) is 4.32. The first kappa shape index (κ1) is 19.5. The summed E-state index contributed by atoms with van der Waals surface area (Å²) in [5, 5.41) is 8.10. The maximum Gasteiger partial charge on any atom is 0.273 e. The van der Waals surface area contributed by atoms with Gasteiger partial charge < -0.3 is 14.4 Å². The number of hydrogen-bond acceptors (Lipinski definition) is 4. The van der Waals surface area contributed by atoms with Gasteiger partial charge in [0.25, 0.3) is 5.91 Å². The topological polar surface area (TPSA) is 67.5 Å². The molecule has 0 saturated carbocycles. The quantitative estimate of drug-likeness (QED) is 0.588. The van der Waals surface area contributed by atoms with Crippen molar-refractivity contribution in [2.45, 2.75) is 12.5 Å². The molecule has 4 rings (SSSR count). The molecule has 29 heavy (non-hydrogen) atoms. The highest BCUT2D eigenvalue weighted by Crippen LogP contribution is 2.43. The van der Waals surface area contributed by atoms with Gasteiger partial charge in [-0.25, -0.2) is 0 Å². The van der Waals surface area contributed by atoms with E-state index >= 15 is 0 Å². The van der Waals surface area contributed by atoms with E-state index in [0.29, 0.717) is 23.9 Å². The number of H-pyrrole nitrogens is 1. The summed E-state index contributed by atoms with van der Waals surface area (Å²) in [4.78, 5) is 15.0. The van der Waals surface area contributed by atoms with E-state index in [2.05, 4.69) is 10.2 Å². The van der Waals surface area contributed by atoms with E-state index in [1.807, 2.05) is 53.4 Å². The molecule has 0 aliphatic carbocycles. The summed E-state index contributed by atoms with van der Waals surface area (Å²) in [5.74, 6) is 0.718. The summed E-state index contributed by atoms with van der Waals surface area (Å²) in [6, 6.07) is 15.1. The fourth-order valence-corrected chi connectivity index (χ4v) is 3.89. The molecule has 7 heteroatoms. The second-order valence-corrected chi connectivity index (χ2v) is 7.32. The molecule has 3 aromatic rings. The van der Waals surface area contributed by atoms with Gasteiger partial charge in [-0.05, 0) is 48.4 Å². The third-order valence-electron chi connectivity index (χ3n) is 5.16. The molecular formula is C22H22ClN3O3. The molecule has 150 valence electrons. The van der Waals surface area contributed by atoms with Crippen molar-refractivity contribution in [3.63, 3.8) is 0 Å². The van der Waals surface area contributed by atoms with Gasteiger partial charge in [-0.2, -0.15) is 5.10 Å². The monoisotopic (exact) mass is 411 g/mol. The number of carbonyl (C=O) groups is 1. The number of methoxy groups -OCH3 is 2. The van der Waals surface area contributed by atoms with Crippen molar-refractivity contribution in [1.29, 1.82) is 0 Å². The van der Waals surface area contributed by atoms with Gasteiger partial charge in [0, 0.05) is 36.4 Å². The molecule has 1 N–H and O–H groups in total. The molecule has 0 spiro atoms. The zero-order valence-corrected chi connectivity index (χ0v) is 17.1. The van der Waals surface area contributed by atoms with Crippen molar-refractivity contribution in [2.75, 3.05) is 27.4 Å². The van der Waals surface area contributed by atoms with Crippen molar-refractivity contribution in [2.24, 2.45) is 0 Å². The molecule has 2 heterocycles. The van der Waals surface area contributed by atoms with E-state index in [-0.39, 0.29) is 11.9 Å². The summed E-state index contributed by atoms with van der Waals surface area (Å²) < 4.78 is 10.4. The number of aromatic nitrogens is 2. The lowest BCUT2D eigenvalue weighted by molar-refractivity contribution is 0.0723. The first-order chi connectivity index (χ1) is 14.1. The Morgan fingerprint density at radius 1 is 1.10 bits per heavy atom. The Hall–Kier alpha value is -2.83. The fourth-order valence-electron chi connectivity index (χ4n) is 3.77. The molecular weight excluding hydrogens is 390 g/mol. The minimum atomic E-state index is -0.234. The maximum absolute atomic E-state index is 13.2. The van der Waals surface area contributed by atoms with Crippen molar-refractivity contribution >= 4 is 17.5 Å². The molecule has 2 aromatic carbocycles. The smallest absolute Gasteiger partial charge is 0.273 e. The van der Waals surface area contributed by atoms with E-state index in [9.17, 15) is 4.79 Å². The second kappa shape index (κ2) is 8.27. The Balaban J connectivity index is 1.79. The SMILES string of the molecule is COCCCN1C(=O)c2[nH]nc(-c3ccc(OC)cc3)c2C1c1ccc(Cl)cc1. The van der Waals surface area contributed by atoms with Crippen molar-refractivity contribution in [1.82, 2.24) is 15.1 Å². The summed E-state index contributed by atoms with van der Waals surface area (Å²) in [6.45, 7) is 1.18. The number of benzene rings is 2. The maximum atomic E-state index is 13.2. The molecule has 1 amide bonds. The number of amides is 1. The van der Waals surface area contributed by atoms with Gasteiger partial charge in [0.2, 0.25) is 0 Å². The number of hydrogen-bond donors (Lipinski definition) is 1. The molecule has 0 bridgehead atoms. The number of rotatable bonds is 7. The van der Waals surface area contributed by atoms with Crippen LogP contribution in [0.15, 0.2) is 48.5 Å². The third kappa shape index (κ3) is 3.61. The van der Waals surface area contributed by atoms with Gasteiger partial charge >= 0.3 is 0 Å². The average Bonchev–Trinajstić information content (AvgIpc) is 3.29. The van der Waals surface area contributed by atoms with Gasteiger partial charge in [-0.3, -0.25) is 9.89 Å². The molecule has 1 aliphatic heterocycles. The van der Waals surface area contributed by atoms with Gasteiger partial charge in [-0.15, -0.1) is 0 Å². The number of aromatic amines is 1. The second-order valence-electron chi connectivity index (χ2n) is 6.89. The number of halogens is 1. The van der Waals surface area contributed by atoms with E-state index in [1.54, 1.807) is 14.2 Å². The normalized spacial score (nSPS) is 15.6. The molecule has 1 aromatic heterocycles. The Morgan fingerprint density at radius 2 is 1.83 bits per heavy atom. The lowest BCUT2D eigenvalue weighted by atomic mass is 9.96. The first-order valence-electron chi connectivity index (χ1n) is 9.42. The zero-order chi connectivity index (χ0) is 20.4. The molecule has 1 atom stereocenters. The Kier molecular flexibility index (Phi) is 5.56. The van der Waals surface area contributed by atoms with Crippen LogP contribution in [-0.4, -0.2) is 48.4 Å². The van der Waals surface area contributed by atoms with Crippen LogP contribution in [0.2, 0.25) is 5.02 Å². The van der Waals surface area contributed by atoms with Crippen LogP contribution in [0.1, 0.15) is 34.1 Å². The molecule has 0 saturated heterocycles. The number of ether oxygens (including phenoxy) is 2. The molecule has 0 radical (unpaired) electrons. The summed E-state index contributed by atoms with van der Waals surface area (Å²) in [5.41, 5.74) is 4.11. The van der Waals surface area contributed by atoms with Crippen LogP contribution >= 0.6 is 11.6 Å². The van der Waals surface area contributed by atoms with Gasteiger partial charge in [0.1, 0.15) is 11.4 Å². The highest BCUT2D eigenvalue weighted by atomic mass is 35.5. The van der Waals surface area contributed by atoms with Crippen LogP contribution in [-0.2, 0) is 4.74 Å². The zero-order valence-electron chi connectivity index (χ0n) is 16.3. The lowest BCUT2D eigenvalue weighted by Crippen LogP contribution is -2.31. The van der Waals surface area contributed by atoms with Crippen LogP contribution in [0.4, 0.5) is 0 Å². The number of carbonyl (C=O) groups excluding carboxylic acids is 1. The van der Waals surface area contributed by atoms with E-state index in [0.717, 1.165) is 34.6 Å². The minimum Gasteiger partial charge on any atom is -0.497 e. The highest BCUT2D eigenvalue weighted by molar-refractivity contribution is 6.30. The first-order valence-corrected chi connectivity index (χ1v) is 9.80. The van der Waals surface area contributed by atoms with E-state index < -0.39 is 0 Å². The molecule has 0 fully saturated rings. The summed E-state index contributed by atoms with van der Waals surface area (Å²) in [7, 11) is 3.30. The van der Waals surface area contributed by atoms with Crippen molar-refractivity contribution in [3.8, 4) is 17.0 Å². The Labute approximate surface area is 174 Å². The summed E-state index contributed by atoms with van der Waals surface area (Å²) in [6.07, 6.45) is 0.752. The number of nitrogens with one attached hydrogen (secondary N) is 1. The largest absolute Gasteiger partial charge is 0.497 e. The molecule has 1 unspecified atom stereocenters. The van der Waals surface area contributed by atoms with Gasteiger partial charge in [-0.1, -0.05) is 23.7 Å². The van der Waals surface area contributed by atoms with Crippen molar-refractivity contribution < 1.29 is 14.3 Å². The van der Waals surface area contributed by atoms with Crippen LogP contribution in [0.5, 0.6) is 5.75 Å². The minimum absolute atomic E-state index is 0.0525. The lowest BCUT2D eigenvalue weighted by Gasteiger charge is -2.26. The van der Waals surface area contributed by atoms with Crippen LogP contribution in [0.3, 0.4) is 0 Å². The van der Waals surface area contributed by atoms with E-state index in [4.69, 9.17) is 21.1 Å². The van der Waals surface area contributed by atoms with Crippen LogP contribution in [0, 0.1) is 0 Å². The Morgan fingerprint density at radius 3 is 2.48 bits per heavy atom. The molecule has 6 nitrogen and oxygen atoms in total. The van der Waals surface area contributed by atoms with Crippen LogP contribution in [0.25, 0.3) is 11.3 Å². The highest BCUT2D eigenvalue weighted by Gasteiger charge is 2.41. The van der Waals surface area contributed by atoms with E-state index in [1.165, 1.54) is 0 Å². The van der Waals surface area contributed by atoms with Gasteiger partial charge in [0.05, 0.1) is 18.8 Å². The van der Waals surface area contributed by atoms with Crippen molar-refractivity contribution in [3.05, 3.63) is 70.4 Å². The predicted molar refractivity (Wildman–Crippen MR) is 111 cm³/mol. The average molecular weight is 412 g/mol. The fraction of sp³-hybridized carbons (Fsp3) is 0.273. The number of nitrogens with zero attached hydrogens (tertiary/aromatic N) is 2. The summed E-state index contributed by atoms with van der Waals surface area (Å²) >= 11 is 6.09. The third-order valence-corrected chi connectivity index (χ3v) is 5.41. The van der Waals surface area contributed by atoms with Gasteiger partial charge in [0.15, 0.2) is 0 Å². The number of fused-ring (bicyclic) bond motifs is 1.